The molecule has 0 amide bonds. The minimum absolute atomic E-state index is 0.347. The molecule has 0 aliphatic heterocycles. The molecule has 0 heterocycles. The zero-order chi connectivity index (χ0) is 8.36. The van der Waals surface area contributed by atoms with E-state index < -0.39 is 11.0 Å². The van der Waals surface area contributed by atoms with Crippen molar-refractivity contribution in [2.75, 3.05) is 0 Å². The SMILES string of the molecule is CCC(C)C(Br)C(F)(F)F. The van der Waals surface area contributed by atoms with Crippen LogP contribution in [0.15, 0.2) is 0 Å². The van der Waals surface area contributed by atoms with Crippen molar-refractivity contribution in [3.63, 3.8) is 0 Å². The molecule has 10 heavy (non-hydrogen) atoms. The van der Waals surface area contributed by atoms with Crippen molar-refractivity contribution in [3.05, 3.63) is 0 Å². The van der Waals surface area contributed by atoms with Gasteiger partial charge in [0.15, 0.2) is 0 Å². The maximum absolute atomic E-state index is 11.8. The highest BCUT2D eigenvalue weighted by atomic mass is 79.9. The maximum atomic E-state index is 11.8. The van der Waals surface area contributed by atoms with Gasteiger partial charge in [0, 0.05) is 0 Å². The zero-order valence-electron chi connectivity index (χ0n) is 5.87. The Kier molecular flexibility index (Phi) is 3.70. The second-order valence-electron chi connectivity index (χ2n) is 2.33. The molecule has 0 nitrogen and oxygen atoms in total. The summed E-state index contributed by atoms with van der Waals surface area (Å²) in [5, 5.41) is 0. The maximum Gasteiger partial charge on any atom is 0.401 e. The number of rotatable bonds is 2. The predicted molar refractivity (Wildman–Crippen MR) is 38.2 cm³/mol. The molecule has 0 saturated carbocycles. The first-order chi connectivity index (χ1) is 4.39. The Balaban J connectivity index is 3.94. The molecule has 0 aliphatic rings. The lowest BCUT2D eigenvalue weighted by molar-refractivity contribution is -0.135. The summed E-state index contributed by atoms with van der Waals surface area (Å²) in [6, 6.07) is 0. The van der Waals surface area contributed by atoms with Gasteiger partial charge < -0.3 is 0 Å². The molecule has 0 aliphatic carbocycles. The van der Waals surface area contributed by atoms with Gasteiger partial charge in [-0.3, -0.25) is 0 Å². The van der Waals surface area contributed by atoms with Gasteiger partial charge in [0.1, 0.15) is 4.83 Å². The smallest absolute Gasteiger partial charge is 0.170 e. The average Bonchev–Trinajstić information content (AvgIpc) is 1.83. The van der Waals surface area contributed by atoms with Crippen LogP contribution in [0.5, 0.6) is 0 Å². The Labute approximate surface area is 66.9 Å². The summed E-state index contributed by atoms with van der Waals surface area (Å²) in [5.41, 5.74) is 0. The second-order valence-corrected chi connectivity index (χ2v) is 3.32. The van der Waals surface area contributed by atoms with Crippen LogP contribution < -0.4 is 0 Å². The lowest BCUT2D eigenvalue weighted by atomic mass is 10.1. The molecule has 0 bridgehead atoms. The summed E-state index contributed by atoms with van der Waals surface area (Å²) in [7, 11) is 0. The Morgan fingerprint density at radius 1 is 1.40 bits per heavy atom. The van der Waals surface area contributed by atoms with E-state index in [2.05, 4.69) is 15.9 Å². The van der Waals surface area contributed by atoms with Crippen LogP contribution >= 0.6 is 15.9 Å². The summed E-state index contributed by atoms with van der Waals surface area (Å²) >= 11 is 2.60. The summed E-state index contributed by atoms with van der Waals surface area (Å²) in [4.78, 5) is -1.36. The molecule has 0 radical (unpaired) electrons. The summed E-state index contributed by atoms with van der Waals surface area (Å²) in [5.74, 6) is -0.347. The van der Waals surface area contributed by atoms with Gasteiger partial charge in [0.05, 0.1) is 0 Å². The quantitative estimate of drug-likeness (QED) is 0.624. The van der Waals surface area contributed by atoms with Crippen molar-refractivity contribution >= 4 is 15.9 Å². The molecule has 0 fully saturated rings. The van der Waals surface area contributed by atoms with Crippen LogP contribution in [0.25, 0.3) is 0 Å². The predicted octanol–water partition coefficient (Wildman–Crippen LogP) is 3.36. The molecule has 0 aromatic heterocycles. The number of halogens is 4. The van der Waals surface area contributed by atoms with E-state index in [1.54, 1.807) is 13.8 Å². The van der Waals surface area contributed by atoms with Gasteiger partial charge in [-0.2, -0.15) is 13.2 Å². The Hall–Kier alpha value is 0.270. The third-order valence-corrected chi connectivity index (χ3v) is 2.88. The fraction of sp³-hybridized carbons (Fsp3) is 1.00. The van der Waals surface area contributed by atoms with E-state index in [1.165, 1.54) is 0 Å². The minimum atomic E-state index is -4.10. The average molecular weight is 219 g/mol. The van der Waals surface area contributed by atoms with Crippen LogP contribution in [0.1, 0.15) is 20.3 Å². The minimum Gasteiger partial charge on any atom is -0.170 e. The molecule has 0 rings (SSSR count). The van der Waals surface area contributed by atoms with Crippen molar-refractivity contribution in [2.45, 2.75) is 31.3 Å². The number of hydrogen-bond acceptors (Lipinski definition) is 0. The number of alkyl halides is 4. The Morgan fingerprint density at radius 3 is 1.90 bits per heavy atom. The van der Waals surface area contributed by atoms with Crippen LogP contribution in [0, 0.1) is 5.92 Å². The van der Waals surface area contributed by atoms with Crippen LogP contribution in [0.4, 0.5) is 13.2 Å². The molecular weight excluding hydrogens is 209 g/mol. The molecular formula is C6H10BrF3. The van der Waals surface area contributed by atoms with Gasteiger partial charge in [0.2, 0.25) is 0 Å². The lowest BCUT2D eigenvalue weighted by Crippen LogP contribution is -2.28. The zero-order valence-corrected chi connectivity index (χ0v) is 7.46. The molecule has 4 heteroatoms. The fourth-order valence-corrected chi connectivity index (χ4v) is 0.903. The highest BCUT2D eigenvalue weighted by Gasteiger charge is 2.40. The molecule has 0 N–H and O–H groups in total. The van der Waals surface area contributed by atoms with Crippen LogP contribution in [-0.2, 0) is 0 Å². The molecule has 0 aromatic rings. The lowest BCUT2D eigenvalue weighted by Gasteiger charge is -2.19. The summed E-state index contributed by atoms with van der Waals surface area (Å²) < 4.78 is 35.5. The monoisotopic (exact) mass is 218 g/mol. The number of hydrogen-bond donors (Lipinski definition) is 0. The van der Waals surface area contributed by atoms with E-state index in [9.17, 15) is 13.2 Å². The third kappa shape index (κ3) is 2.90. The Morgan fingerprint density at radius 2 is 1.80 bits per heavy atom. The van der Waals surface area contributed by atoms with E-state index in [1.807, 2.05) is 0 Å². The molecule has 62 valence electrons. The highest BCUT2D eigenvalue weighted by Crippen LogP contribution is 2.32. The van der Waals surface area contributed by atoms with E-state index in [-0.39, 0.29) is 5.92 Å². The van der Waals surface area contributed by atoms with Crippen molar-refractivity contribution in [2.24, 2.45) is 5.92 Å². The van der Waals surface area contributed by atoms with Crippen molar-refractivity contribution in [3.8, 4) is 0 Å². The van der Waals surface area contributed by atoms with Gasteiger partial charge in [0.25, 0.3) is 0 Å². The van der Waals surface area contributed by atoms with Crippen LogP contribution in [-0.4, -0.2) is 11.0 Å². The van der Waals surface area contributed by atoms with Gasteiger partial charge in [-0.15, -0.1) is 0 Å². The van der Waals surface area contributed by atoms with Crippen molar-refractivity contribution in [1.82, 2.24) is 0 Å². The topological polar surface area (TPSA) is 0 Å². The normalized spacial score (nSPS) is 18.6. The molecule has 2 unspecified atom stereocenters. The van der Waals surface area contributed by atoms with Gasteiger partial charge >= 0.3 is 6.18 Å². The highest BCUT2D eigenvalue weighted by molar-refractivity contribution is 9.09. The van der Waals surface area contributed by atoms with Crippen molar-refractivity contribution in [1.29, 1.82) is 0 Å². The van der Waals surface area contributed by atoms with Gasteiger partial charge in [-0.05, 0) is 5.92 Å². The largest absolute Gasteiger partial charge is 0.401 e. The fourth-order valence-electron chi connectivity index (χ4n) is 0.530. The van der Waals surface area contributed by atoms with Gasteiger partial charge in [-0.25, -0.2) is 0 Å². The van der Waals surface area contributed by atoms with E-state index in [0.29, 0.717) is 6.42 Å². The van der Waals surface area contributed by atoms with Gasteiger partial charge in [-0.1, -0.05) is 36.2 Å². The molecule has 0 spiro atoms. The standard InChI is InChI=1S/C6H10BrF3/c1-3-4(2)5(7)6(8,9)10/h4-5H,3H2,1-2H3. The van der Waals surface area contributed by atoms with Crippen LogP contribution in [0.2, 0.25) is 0 Å². The Bertz CT molecular complexity index is 99.7. The molecule has 0 aromatic carbocycles. The third-order valence-electron chi connectivity index (χ3n) is 1.46. The molecule has 2 atom stereocenters. The van der Waals surface area contributed by atoms with Crippen molar-refractivity contribution < 1.29 is 13.2 Å². The first-order valence-corrected chi connectivity index (χ1v) is 4.02. The van der Waals surface area contributed by atoms with Crippen LogP contribution in [0.3, 0.4) is 0 Å². The second kappa shape index (κ2) is 3.60. The van der Waals surface area contributed by atoms with E-state index in [0.717, 1.165) is 0 Å². The van der Waals surface area contributed by atoms with E-state index >= 15 is 0 Å². The first-order valence-electron chi connectivity index (χ1n) is 3.10. The van der Waals surface area contributed by atoms with E-state index in [4.69, 9.17) is 0 Å². The summed E-state index contributed by atoms with van der Waals surface area (Å²) in [6.07, 6.45) is -3.56. The molecule has 0 saturated heterocycles. The summed E-state index contributed by atoms with van der Waals surface area (Å²) in [6.45, 7) is 3.32. The first kappa shape index (κ1) is 10.3.